The van der Waals surface area contributed by atoms with Gasteiger partial charge in [0.05, 0.1) is 7.11 Å². The number of hydrogen-bond acceptors (Lipinski definition) is 5. The van der Waals surface area contributed by atoms with E-state index in [1.54, 1.807) is 12.1 Å². The molecule has 2 amide bonds. The molecule has 25 heavy (non-hydrogen) atoms. The predicted molar refractivity (Wildman–Crippen MR) is 88.3 cm³/mol. The van der Waals surface area contributed by atoms with Crippen LogP contribution < -0.4 is 19.7 Å². The zero-order chi connectivity index (χ0) is 18.2. The van der Waals surface area contributed by atoms with Crippen LogP contribution in [-0.2, 0) is 9.59 Å². The summed E-state index contributed by atoms with van der Waals surface area (Å²) >= 11 is 0. The van der Waals surface area contributed by atoms with Crippen molar-refractivity contribution in [1.82, 2.24) is 4.98 Å². The third-order valence-electron chi connectivity index (χ3n) is 3.94. The summed E-state index contributed by atoms with van der Waals surface area (Å²) in [5.74, 6) is -1.24. The first kappa shape index (κ1) is 16.7. The van der Waals surface area contributed by atoms with E-state index >= 15 is 0 Å². The van der Waals surface area contributed by atoms with E-state index in [2.05, 4.69) is 10.3 Å². The number of nitrogens with zero attached hydrogens (tertiary/aromatic N) is 2. The van der Waals surface area contributed by atoms with E-state index in [0.717, 1.165) is 6.07 Å². The molecule has 1 atom stereocenters. The number of ether oxygens (including phenoxy) is 2. The standard InChI is InChI=1S/C17H16FN3O4/c1-17(15(22)20-10-6-7-12(24-3)11(18)9-10)16(23)21(2)14-13(25-17)5-4-8-19-14/h4-9H,1-3H3,(H,20,22)/t17-/m1/s1. The Morgan fingerprint density at radius 2 is 2.16 bits per heavy atom. The molecule has 0 aliphatic carbocycles. The Bertz CT molecular complexity index is 858. The highest BCUT2D eigenvalue weighted by molar-refractivity contribution is 6.19. The Labute approximate surface area is 143 Å². The number of rotatable bonds is 3. The molecule has 1 aliphatic rings. The number of methoxy groups -OCH3 is 1. The van der Waals surface area contributed by atoms with Crippen LogP contribution in [0.15, 0.2) is 36.5 Å². The molecule has 1 aliphatic heterocycles. The lowest BCUT2D eigenvalue weighted by Crippen LogP contribution is -2.60. The number of halogens is 1. The number of carbonyl (C=O) groups excluding carboxylic acids is 2. The summed E-state index contributed by atoms with van der Waals surface area (Å²) < 4.78 is 24.2. The smallest absolute Gasteiger partial charge is 0.281 e. The molecule has 0 spiro atoms. The number of hydrogen-bond donors (Lipinski definition) is 1. The van der Waals surface area contributed by atoms with Gasteiger partial charge in [-0.2, -0.15) is 0 Å². The van der Waals surface area contributed by atoms with Crippen molar-refractivity contribution in [3.8, 4) is 11.5 Å². The molecule has 0 fully saturated rings. The van der Waals surface area contributed by atoms with E-state index in [1.165, 1.54) is 44.3 Å². The average Bonchev–Trinajstić information content (AvgIpc) is 2.60. The molecule has 1 aromatic heterocycles. The molecule has 2 heterocycles. The topological polar surface area (TPSA) is 80.8 Å². The van der Waals surface area contributed by atoms with E-state index in [1.807, 2.05) is 0 Å². The van der Waals surface area contributed by atoms with E-state index in [9.17, 15) is 14.0 Å². The lowest BCUT2D eigenvalue weighted by Gasteiger charge is -2.36. The average molecular weight is 345 g/mol. The molecule has 0 saturated heterocycles. The van der Waals surface area contributed by atoms with Crippen LogP contribution in [0.4, 0.5) is 15.9 Å². The molecule has 130 valence electrons. The van der Waals surface area contributed by atoms with Gasteiger partial charge in [-0.25, -0.2) is 9.37 Å². The van der Waals surface area contributed by atoms with Crippen molar-refractivity contribution >= 4 is 23.3 Å². The van der Waals surface area contributed by atoms with E-state index < -0.39 is 23.2 Å². The zero-order valence-electron chi connectivity index (χ0n) is 13.9. The van der Waals surface area contributed by atoms with Gasteiger partial charge in [-0.15, -0.1) is 0 Å². The first-order valence-corrected chi connectivity index (χ1v) is 7.44. The van der Waals surface area contributed by atoms with Crippen LogP contribution in [0.2, 0.25) is 0 Å². The van der Waals surface area contributed by atoms with Crippen LogP contribution in [0.5, 0.6) is 11.5 Å². The first-order valence-electron chi connectivity index (χ1n) is 7.44. The number of amides is 2. The fourth-order valence-electron chi connectivity index (χ4n) is 2.53. The second-order valence-corrected chi connectivity index (χ2v) is 5.63. The van der Waals surface area contributed by atoms with Crippen LogP contribution >= 0.6 is 0 Å². The van der Waals surface area contributed by atoms with Crippen LogP contribution in [0.1, 0.15) is 6.92 Å². The first-order chi connectivity index (χ1) is 11.9. The quantitative estimate of drug-likeness (QED) is 0.861. The molecular weight excluding hydrogens is 329 g/mol. The van der Waals surface area contributed by atoms with E-state index in [4.69, 9.17) is 9.47 Å². The molecule has 2 aromatic rings. The maximum absolute atomic E-state index is 13.8. The van der Waals surface area contributed by atoms with Crippen molar-refractivity contribution in [1.29, 1.82) is 0 Å². The highest BCUT2D eigenvalue weighted by Gasteiger charge is 2.50. The maximum Gasteiger partial charge on any atom is 0.281 e. The second-order valence-electron chi connectivity index (χ2n) is 5.63. The van der Waals surface area contributed by atoms with Crippen molar-refractivity contribution in [3.05, 3.63) is 42.3 Å². The highest BCUT2D eigenvalue weighted by Crippen LogP contribution is 2.35. The molecule has 8 heteroatoms. The Kier molecular flexibility index (Phi) is 4.03. The summed E-state index contributed by atoms with van der Waals surface area (Å²) in [6.45, 7) is 1.36. The SMILES string of the molecule is COc1ccc(NC(=O)[C@@]2(C)Oc3cccnc3N(C)C2=O)cc1F. The van der Waals surface area contributed by atoms with Crippen LogP contribution in [0, 0.1) is 5.82 Å². The zero-order valence-corrected chi connectivity index (χ0v) is 13.9. The van der Waals surface area contributed by atoms with Gasteiger partial charge in [0, 0.05) is 25.0 Å². The van der Waals surface area contributed by atoms with Crippen molar-refractivity contribution in [2.75, 3.05) is 24.4 Å². The normalized spacial score (nSPS) is 19.0. The number of nitrogens with one attached hydrogen (secondary N) is 1. The van der Waals surface area contributed by atoms with Gasteiger partial charge in [-0.05, 0) is 31.2 Å². The summed E-state index contributed by atoms with van der Waals surface area (Å²) in [5.41, 5.74) is -1.62. The molecule has 1 aromatic carbocycles. The summed E-state index contributed by atoms with van der Waals surface area (Å²) in [6, 6.07) is 7.20. The van der Waals surface area contributed by atoms with Gasteiger partial charge in [0.1, 0.15) is 0 Å². The Morgan fingerprint density at radius 1 is 1.40 bits per heavy atom. The molecule has 3 rings (SSSR count). The second kappa shape index (κ2) is 6.04. The van der Waals surface area contributed by atoms with Crippen molar-refractivity contribution < 1.29 is 23.5 Å². The van der Waals surface area contributed by atoms with Crippen LogP contribution in [0.25, 0.3) is 0 Å². The molecule has 7 nitrogen and oxygen atoms in total. The lowest BCUT2D eigenvalue weighted by atomic mass is 10.0. The molecule has 0 bridgehead atoms. The molecular formula is C17H16FN3O4. The van der Waals surface area contributed by atoms with Crippen molar-refractivity contribution in [2.24, 2.45) is 0 Å². The minimum absolute atomic E-state index is 0.0499. The monoisotopic (exact) mass is 345 g/mol. The van der Waals surface area contributed by atoms with Gasteiger partial charge in [0.25, 0.3) is 17.4 Å². The molecule has 0 radical (unpaired) electrons. The summed E-state index contributed by atoms with van der Waals surface area (Å²) in [4.78, 5) is 30.6. The lowest BCUT2D eigenvalue weighted by molar-refractivity contribution is -0.145. The van der Waals surface area contributed by atoms with E-state index in [0.29, 0.717) is 11.6 Å². The minimum atomic E-state index is -1.80. The van der Waals surface area contributed by atoms with Crippen LogP contribution in [0.3, 0.4) is 0 Å². The Morgan fingerprint density at radius 3 is 2.84 bits per heavy atom. The van der Waals surface area contributed by atoms with Gasteiger partial charge >= 0.3 is 0 Å². The maximum atomic E-state index is 13.8. The molecule has 0 unspecified atom stereocenters. The number of benzene rings is 1. The van der Waals surface area contributed by atoms with Gasteiger partial charge in [0.2, 0.25) is 0 Å². The fourth-order valence-corrected chi connectivity index (χ4v) is 2.53. The largest absolute Gasteiger partial charge is 0.494 e. The number of anilines is 2. The van der Waals surface area contributed by atoms with Gasteiger partial charge in [-0.1, -0.05) is 0 Å². The summed E-state index contributed by atoms with van der Waals surface area (Å²) in [7, 11) is 2.85. The Hall–Kier alpha value is -3.16. The minimum Gasteiger partial charge on any atom is -0.494 e. The third-order valence-corrected chi connectivity index (χ3v) is 3.94. The molecule has 0 saturated carbocycles. The Balaban J connectivity index is 1.89. The molecule has 1 N–H and O–H groups in total. The predicted octanol–water partition coefficient (Wildman–Crippen LogP) is 1.98. The number of likely N-dealkylation sites (N-methyl/N-ethyl adjacent to an activating group) is 1. The van der Waals surface area contributed by atoms with Crippen molar-refractivity contribution in [3.63, 3.8) is 0 Å². The number of carbonyl (C=O) groups is 2. The van der Waals surface area contributed by atoms with Gasteiger partial charge in [-0.3, -0.25) is 14.5 Å². The van der Waals surface area contributed by atoms with E-state index in [-0.39, 0.29) is 11.4 Å². The highest BCUT2D eigenvalue weighted by atomic mass is 19.1. The summed E-state index contributed by atoms with van der Waals surface area (Å²) in [5, 5.41) is 2.50. The number of pyridine rings is 1. The van der Waals surface area contributed by atoms with Gasteiger partial charge in [0.15, 0.2) is 23.1 Å². The fraction of sp³-hybridized carbons (Fsp3) is 0.235. The number of fused-ring (bicyclic) bond motifs is 1. The number of aromatic nitrogens is 1. The third kappa shape index (κ3) is 2.75. The van der Waals surface area contributed by atoms with Gasteiger partial charge < -0.3 is 14.8 Å². The van der Waals surface area contributed by atoms with Crippen molar-refractivity contribution in [2.45, 2.75) is 12.5 Å². The van der Waals surface area contributed by atoms with Crippen LogP contribution in [-0.4, -0.2) is 36.6 Å². The summed E-state index contributed by atoms with van der Waals surface area (Å²) in [6.07, 6.45) is 1.52.